The molecular weight excluding hydrogens is 524 g/mol. The number of hydrogen-bond acceptors (Lipinski definition) is 4. The fourth-order valence-corrected chi connectivity index (χ4v) is 5.13. The molecule has 1 aromatic heterocycles. The van der Waals surface area contributed by atoms with E-state index in [0.717, 1.165) is 37.1 Å². The van der Waals surface area contributed by atoms with Gasteiger partial charge in [0, 0.05) is 23.8 Å². The molecule has 11 heteroatoms. The number of carboxylic acids is 1. The molecule has 1 saturated heterocycles. The van der Waals surface area contributed by atoms with Gasteiger partial charge in [0.2, 0.25) is 5.91 Å². The highest BCUT2D eigenvalue weighted by atomic mass is 35.5. The van der Waals surface area contributed by atoms with Gasteiger partial charge in [-0.05, 0) is 59.5 Å². The summed E-state index contributed by atoms with van der Waals surface area (Å²) in [6, 6.07) is 14.4. The normalized spacial score (nSPS) is 16.1. The zero-order valence-corrected chi connectivity index (χ0v) is 20.8. The summed E-state index contributed by atoms with van der Waals surface area (Å²) in [6.45, 7) is 2.55. The smallest absolute Gasteiger partial charge is 0.475 e. The van der Waals surface area contributed by atoms with Crippen LogP contribution in [-0.4, -0.2) is 47.2 Å². The molecule has 5 nitrogen and oxygen atoms in total. The average molecular weight is 547 g/mol. The quantitative estimate of drug-likeness (QED) is 0.388. The van der Waals surface area contributed by atoms with Crippen molar-refractivity contribution in [2.45, 2.75) is 38.0 Å². The minimum absolute atomic E-state index is 0.0879. The Bertz CT molecular complexity index is 1190. The third-order valence-corrected chi connectivity index (χ3v) is 7.31. The van der Waals surface area contributed by atoms with E-state index in [1.807, 2.05) is 30.3 Å². The molecule has 3 aromatic rings. The van der Waals surface area contributed by atoms with Crippen LogP contribution in [0.2, 0.25) is 10.0 Å². The lowest BCUT2D eigenvalue weighted by Crippen LogP contribution is -2.40. The number of carbonyl (C=O) groups excluding carboxylic acids is 1. The minimum Gasteiger partial charge on any atom is -0.475 e. The van der Waals surface area contributed by atoms with Gasteiger partial charge in [0.05, 0.1) is 16.5 Å². The zero-order chi connectivity index (χ0) is 25.6. The Morgan fingerprint density at radius 3 is 2.54 bits per heavy atom. The monoisotopic (exact) mass is 546 g/mol. The summed E-state index contributed by atoms with van der Waals surface area (Å²) < 4.78 is 33.0. The summed E-state index contributed by atoms with van der Waals surface area (Å²) in [6.07, 6.45) is -2.40. The van der Waals surface area contributed by atoms with Gasteiger partial charge in [-0.3, -0.25) is 9.69 Å². The van der Waals surface area contributed by atoms with Gasteiger partial charge in [-0.25, -0.2) is 4.79 Å². The largest absolute Gasteiger partial charge is 0.490 e. The van der Waals surface area contributed by atoms with Gasteiger partial charge in [0.15, 0.2) is 0 Å². The maximum atomic E-state index is 12.5. The lowest BCUT2D eigenvalue weighted by molar-refractivity contribution is -0.192. The standard InChI is InChI=1S/C22H22Cl2N2OS.C2HF3O2/c23-19-8-7-15(10-20(19)24)13-26-9-3-4-17(26)12-25-22(27)11-16-14-28-21-6-2-1-5-18(16)21;3-2(4,5)1(6)7/h1-2,5-8,10,14,17H,3-4,9,11-13H2,(H,25,27);(H,6,7)/t17-;/m1./s1. The molecule has 0 bridgehead atoms. The first-order valence-electron chi connectivity index (χ1n) is 10.7. The van der Waals surface area contributed by atoms with Crippen LogP contribution in [0.4, 0.5) is 13.2 Å². The molecule has 188 valence electrons. The molecule has 2 heterocycles. The van der Waals surface area contributed by atoms with Crippen molar-refractivity contribution in [1.29, 1.82) is 0 Å². The molecule has 1 amide bonds. The Morgan fingerprint density at radius 1 is 1.14 bits per heavy atom. The number of aliphatic carboxylic acids is 1. The number of benzene rings is 2. The SMILES string of the molecule is O=C(Cc1csc2ccccc12)NC[C@H]1CCCN1Cc1ccc(Cl)c(Cl)c1.O=C(O)C(F)(F)F. The number of likely N-dealkylation sites (tertiary alicyclic amines) is 1. The lowest BCUT2D eigenvalue weighted by atomic mass is 10.1. The van der Waals surface area contributed by atoms with E-state index in [1.165, 1.54) is 10.1 Å². The number of thiophene rings is 1. The van der Waals surface area contributed by atoms with Crippen LogP contribution in [-0.2, 0) is 22.6 Å². The summed E-state index contributed by atoms with van der Waals surface area (Å²) in [5.74, 6) is -2.67. The van der Waals surface area contributed by atoms with Crippen LogP contribution in [0.3, 0.4) is 0 Å². The van der Waals surface area contributed by atoms with E-state index in [2.05, 4.69) is 27.7 Å². The topological polar surface area (TPSA) is 69.6 Å². The van der Waals surface area contributed by atoms with Crippen LogP contribution in [0.5, 0.6) is 0 Å². The molecule has 4 rings (SSSR count). The Kier molecular flexibility index (Phi) is 9.40. The van der Waals surface area contributed by atoms with Crippen molar-refractivity contribution >= 4 is 56.5 Å². The van der Waals surface area contributed by atoms with E-state index in [-0.39, 0.29) is 5.91 Å². The third-order valence-electron chi connectivity index (χ3n) is 5.56. The van der Waals surface area contributed by atoms with Crippen LogP contribution in [0, 0.1) is 0 Å². The summed E-state index contributed by atoms with van der Waals surface area (Å²) in [4.78, 5) is 23.8. The molecule has 1 atom stereocenters. The summed E-state index contributed by atoms with van der Waals surface area (Å²) in [7, 11) is 0. The van der Waals surface area contributed by atoms with E-state index in [4.69, 9.17) is 33.1 Å². The molecule has 1 aliphatic heterocycles. The molecule has 0 aliphatic carbocycles. The van der Waals surface area contributed by atoms with Gasteiger partial charge in [-0.2, -0.15) is 13.2 Å². The number of hydrogen-bond donors (Lipinski definition) is 2. The summed E-state index contributed by atoms with van der Waals surface area (Å²) in [5, 5.41) is 14.7. The van der Waals surface area contributed by atoms with Gasteiger partial charge >= 0.3 is 12.1 Å². The van der Waals surface area contributed by atoms with Crippen LogP contribution >= 0.6 is 34.5 Å². The second-order valence-electron chi connectivity index (χ2n) is 8.06. The molecule has 2 N–H and O–H groups in total. The highest BCUT2D eigenvalue weighted by molar-refractivity contribution is 7.17. The van der Waals surface area contributed by atoms with Crippen molar-refractivity contribution in [1.82, 2.24) is 10.2 Å². The number of nitrogens with one attached hydrogen (secondary N) is 1. The van der Waals surface area contributed by atoms with E-state index in [1.54, 1.807) is 11.3 Å². The molecule has 0 unspecified atom stereocenters. The Balaban J connectivity index is 0.000000429. The molecule has 0 saturated carbocycles. The maximum absolute atomic E-state index is 12.5. The second-order valence-corrected chi connectivity index (χ2v) is 9.78. The first kappa shape index (κ1) is 27.3. The number of carboxylic acid groups (broad SMARTS) is 1. The van der Waals surface area contributed by atoms with Crippen molar-refractivity contribution in [2.24, 2.45) is 0 Å². The summed E-state index contributed by atoms with van der Waals surface area (Å²) in [5.41, 5.74) is 2.26. The number of amides is 1. The van der Waals surface area contributed by atoms with Gasteiger partial charge in [-0.1, -0.05) is 47.5 Å². The molecule has 35 heavy (non-hydrogen) atoms. The Labute approximate surface area is 214 Å². The Hall–Kier alpha value is -2.33. The lowest BCUT2D eigenvalue weighted by Gasteiger charge is -2.25. The van der Waals surface area contributed by atoms with Crippen molar-refractivity contribution < 1.29 is 27.9 Å². The van der Waals surface area contributed by atoms with Gasteiger partial charge in [0.25, 0.3) is 0 Å². The van der Waals surface area contributed by atoms with E-state index < -0.39 is 12.1 Å². The molecule has 1 aliphatic rings. The first-order chi connectivity index (χ1) is 16.5. The second kappa shape index (κ2) is 12.1. The van der Waals surface area contributed by atoms with Crippen molar-refractivity contribution in [3.05, 3.63) is 69.0 Å². The highest BCUT2D eigenvalue weighted by Gasteiger charge is 2.38. The number of fused-ring (bicyclic) bond motifs is 1. The Morgan fingerprint density at radius 2 is 1.86 bits per heavy atom. The predicted molar refractivity (Wildman–Crippen MR) is 132 cm³/mol. The van der Waals surface area contributed by atoms with E-state index >= 15 is 0 Å². The number of nitrogens with zero attached hydrogens (tertiary/aromatic N) is 1. The minimum atomic E-state index is -5.08. The van der Waals surface area contributed by atoms with Crippen LogP contribution in [0.1, 0.15) is 24.0 Å². The average Bonchev–Trinajstić information content (AvgIpc) is 3.41. The molecule has 2 aromatic carbocycles. The molecular formula is C24H23Cl2F3N2O3S. The fraction of sp³-hybridized carbons (Fsp3) is 0.333. The third kappa shape index (κ3) is 7.83. The zero-order valence-electron chi connectivity index (χ0n) is 18.4. The first-order valence-corrected chi connectivity index (χ1v) is 12.4. The number of carbonyl (C=O) groups is 2. The summed E-state index contributed by atoms with van der Waals surface area (Å²) >= 11 is 13.8. The van der Waals surface area contributed by atoms with Crippen LogP contribution in [0.15, 0.2) is 47.8 Å². The van der Waals surface area contributed by atoms with E-state index in [9.17, 15) is 18.0 Å². The number of rotatable bonds is 6. The number of alkyl halides is 3. The van der Waals surface area contributed by atoms with Gasteiger partial charge in [-0.15, -0.1) is 11.3 Å². The molecule has 0 radical (unpaired) electrons. The van der Waals surface area contributed by atoms with Crippen molar-refractivity contribution in [3.8, 4) is 0 Å². The van der Waals surface area contributed by atoms with E-state index in [0.29, 0.717) is 29.1 Å². The molecule has 0 spiro atoms. The number of halogens is 5. The van der Waals surface area contributed by atoms with Gasteiger partial charge < -0.3 is 10.4 Å². The van der Waals surface area contributed by atoms with Crippen molar-refractivity contribution in [3.63, 3.8) is 0 Å². The van der Waals surface area contributed by atoms with Crippen LogP contribution < -0.4 is 5.32 Å². The van der Waals surface area contributed by atoms with Gasteiger partial charge in [0.1, 0.15) is 0 Å². The predicted octanol–water partition coefficient (Wildman–Crippen LogP) is 6.16. The van der Waals surface area contributed by atoms with Crippen molar-refractivity contribution in [2.75, 3.05) is 13.1 Å². The van der Waals surface area contributed by atoms with Crippen LogP contribution in [0.25, 0.3) is 10.1 Å². The highest BCUT2D eigenvalue weighted by Crippen LogP contribution is 2.27. The molecule has 1 fully saturated rings. The fourth-order valence-electron chi connectivity index (χ4n) is 3.84. The maximum Gasteiger partial charge on any atom is 0.490 e.